The number of benzene rings is 2. The molecule has 3 rings (SSSR count). The molecule has 0 aliphatic carbocycles. The number of ether oxygens (including phenoxy) is 1. The van der Waals surface area contributed by atoms with Crippen molar-refractivity contribution in [2.24, 2.45) is 0 Å². The van der Waals surface area contributed by atoms with Gasteiger partial charge in [0.15, 0.2) is 0 Å². The van der Waals surface area contributed by atoms with Crippen LogP contribution in [0.3, 0.4) is 0 Å². The van der Waals surface area contributed by atoms with Gasteiger partial charge in [0.05, 0.1) is 18.2 Å². The summed E-state index contributed by atoms with van der Waals surface area (Å²) in [5.41, 5.74) is 1.86. The maximum atomic E-state index is 13.6. The number of aromatic nitrogens is 1. The lowest BCUT2D eigenvalue weighted by Gasteiger charge is -2.25. The number of nitrogens with one attached hydrogen (secondary N) is 2. The molecular formula is C30H41ClFN4O5P. The number of carbonyl (C=O) groups excluding carboxylic acids is 1. The van der Waals surface area contributed by atoms with E-state index in [0.29, 0.717) is 11.6 Å². The van der Waals surface area contributed by atoms with Gasteiger partial charge in [-0.3, -0.25) is 14.3 Å². The Hall–Kier alpha value is -2.75. The zero-order valence-electron chi connectivity index (χ0n) is 24.8. The third kappa shape index (κ3) is 10.8. The van der Waals surface area contributed by atoms with Gasteiger partial charge < -0.3 is 19.5 Å². The quantitative estimate of drug-likeness (QED) is 0.121. The lowest BCUT2D eigenvalue weighted by molar-refractivity contribution is -0.149. The maximum absolute atomic E-state index is 13.6. The Morgan fingerprint density at radius 3 is 2.52 bits per heavy atom. The number of pyridine rings is 1. The van der Waals surface area contributed by atoms with E-state index in [1.54, 1.807) is 20.0 Å². The number of hydrogen-bond donors (Lipinski definition) is 2. The maximum Gasteiger partial charge on any atom is 0.459 e. The Kier molecular flexibility index (Phi) is 13.0. The zero-order chi connectivity index (χ0) is 30.7. The van der Waals surface area contributed by atoms with Crippen molar-refractivity contribution in [2.45, 2.75) is 65.6 Å². The molecule has 0 amide bonds. The molecular weight excluding hydrogens is 582 g/mol. The molecule has 0 saturated heterocycles. The lowest BCUT2D eigenvalue weighted by Crippen LogP contribution is -2.37. The van der Waals surface area contributed by atoms with Crippen LogP contribution in [0.15, 0.2) is 54.7 Å². The van der Waals surface area contributed by atoms with Crippen LogP contribution >= 0.6 is 19.3 Å². The van der Waals surface area contributed by atoms with Gasteiger partial charge in [-0.1, -0.05) is 18.5 Å². The van der Waals surface area contributed by atoms with Crippen LogP contribution in [0.25, 0.3) is 10.9 Å². The Morgan fingerprint density at radius 2 is 1.83 bits per heavy atom. The molecule has 42 heavy (non-hydrogen) atoms. The number of fused-ring (bicyclic) bond motifs is 1. The van der Waals surface area contributed by atoms with E-state index in [2.05, 4.69) is 27.2 Å². The van der Waals surface area contributed by atoms with E-state index >= 15 is 0 Å². The van der Waals surface area contributed by atoms with Crippen LogP contribution < -0.4 is 14.9 Å². The first-order valence-corrected chi connectivity index (χ1v) is 16.1. The molecule has 0 spiro atoms. The highest BCUT2D eigenvalue weighted by molar-refractivity contribution is 7.52. The molecule has 0 radical (unpaired) electrons. The number of rotatable bonds is 17. The molecule has 2 aromatic carbocycles. The highest BCUT2D eigenvalue weighted by Crippen LogP contribution is 2.45. The standard InChI is InChI=1S/C30H41ClFN4O5P/c1-6-36(17-7-8-22(4)34-28-15-16-33-29-20-24(31)9-14-27(28)29)18-19-39-42(38,35-23(5)30(37)40-21(2)3)41-26-12-10-25(32)11-13-26/h9-16,20-23H,6-8,17-19H2,1-5H3,(H,33,34)(H,35,38)/t22-,23+,42+/m1/s1. The second-order valence-electron chi connectivity index (χ2n) is 10.4. The number of nitrogens with zero attached hydrogens (tertiary/aromatic N) is 2. The van der Waals surface area contributed by atoms with Gasteiger partial charge in [0.2, 0.25) is 0 Å². The second kappa shape index (κ2) is 16.2. The van der Waals surface area contributed by atoms with Gasteiger partial charge in [-0.15, -0.1) is 0 Å². The summed E-state index contributed by atoms with van der Waals surface area (Å²) in [5.74, 6) is -0.893. The summed E-state index contributed by atoms with van der Waals surface area (Å²) in [7, 11) is -4.00. The number of hydrogen-bond acceptors (Lipinski definition) is 8. The van der Waals surface area contributed by atoms with Crippen LogP contribution in [0.5, 0.6) is 5.75 Å². The summed E-state index contributed by atoms with van der Waals surface area (Å²) in [5, 5.41) is 7.91. The number of anilines is 1. The molecule has 2 N–H and O–H groups in total. The third-order valence-electron chi connectivity index (χ3n) is 6.43. The van der Waals surface area contributed by atoms with E-state index in [4.69, 9.17) is 25.4 Å². The van der Waals surface area contributed by atoms with Crippen molar-refractivity contribution in [1.29, 1.82) is 0 Å². The Balaban J connectivity index is 1.52. The summed E-state index contributed by atoms with van der Waals surface area (Å²) in [6.45, 7) is 11.3. The predicted octanol–water partition coefficient (Wildman–Crippen LogP) is 7.06. The zero-order valence-corrected chi connectivity index (χ0v) is 26.5. The van der Waals surface area contributed by atoms with Gasteiger partial charge in [0.1, 0.15) is 17.6 Å². The Labute approximate surface area is 252 Å². The highest BCUT2D eigenvalue weighted by atomic mass is 35.5. The average Bonchev–Trinajstić information content (AvgIpc) is 2.93. The molecule has 230 valence electrons. The van der Waals surface area contributed by atoms with Crippen molar-refractivity contribution in [3.8, 4) is 5.75 Å². The lowest BCUT2D eigenvalue weighted by atomic mass is 10.1. The molecule has 0 bridgehead atoms. The molecule has 0 saturated carbocycles. The smallest absolute Gasteiger partial charge is 0.459 e. The number of carbonyl (C=O) groups is 1. The molecule has 0 fully saturated rings. The van der Waals surface area contributed by atoms with Gasteiger partial charge in [-0.2, -0.15) is 5.09 Å². The third-order valence-corrected chi connectivity index (χ3v) is 8.34. The van der Waals surface area contributed by atoms with Gasteiger partial charge in [0.25, 0.3) is 0 Å². The van der Waals surface area contributed by atoms with E-state index in [9.17, 15) is 13.8 Å². The molecule has 3 aromatic rings. The number of halogens is 2. The van der Waals surface area contributed by atoms with Crippen molar-refractivity contribution in [2.75, 3.05) is 31.6 Å². The van der Waals surface area contributed by atoms with Crippen molar-refractivity contribution >= 4 is 41.9 Å². The van der Waals surface area contributed by atoms with Crippen LogP contribution in [-0.4, -0.2) is 60.3 Å². The summed E-state index contributed by atoms with van der Waals surface area (Å²) in [4.78, 5) is 18.9. The molecule has 1 aromatic heterocycles. The first-order chi connectivity index (χ1) is 20.0. The minimum Gasteiger partial charge on any atom is -0.462 e. The molecule has 0 aliphatic heterocycles. The fraction of sp³-hybridized carbons (Fsp3) is 0.467. The minimum atomic E-state index is -4.00. The molecule has 0 aliphatic rings. The monoisotopic (exact) mass is 622 g/mol. The van der Waals surface area contributed by atoms with Crippen molar-refractivity contribution in [3.63, 3.8) is 0 Å². The van der Waals surface area contributed by atoms with Crippen LogP contribution in [0.2, 0.25) is 5.02 Å². The fourth-order valence-electron chi connectivity index (χ4n) is 4.27. The SMILES string of the molecule is CCN(CCC[C@@H](C)Nc1ccnc2cc(Cl)ccc12)CCO[P@@](=O)(N[C@@H](C)C(=O)OC(C)C)Oc1ccc(F)cc1. The normalized spacial score (nSPS) is 14.5. The summed E-state index contributed by atoms with van der Waals surface area (Å²) in [6.07, 6.45) is 3.29. The Bertz CT molecular complexity index is 1350. The van der Waals surface area contributed by atoms with E-state index in [-0.39, 0.29) is 24.5 Å². The van der Waals surface area contributed by atoms with E-state index in [1.165, 1.54) is 31.2 Å². The predicted molar refractivity (Wildman–Crippen MR) is 166 cm³/mol. The van der Waals surface area contributed by atoms with E-state index < -0.39 is 25.6 Å². The summed E-state index contributed by atoms with van der Waals surface area (Å²) >= 11 is 6.11. The van der Waals surface area contributed by atoms with Crippen molar-refractivity contribution < 1.29 is 27.5 Å². The first kappa shape index (κ1) is 33.7. The van der Waals surface area contributed by atoms with Crippen molar-refractivity contribution in [1.82, 2.24) is 15.0 Å². The Morgan fingerprint density at radius 1 is 1.10 bits per heavy atom. The molecule has 0 unspecified atom stereocenters. The number of likely N-dealkylation sites (N-methyl/N-ethyl adjacent to an activating group) is 1. The largest absolute Gasteiger partial charge is 0.462 e. The highest BCUT2D eigenvalue weighted by Gasteiger charge is 2.32. The molecule has 12 heteroatoms. The summed E-state index contributed by atoms with van der Waals surface area (Å²) < 4.78 is 43.6. The van der Waals surface area contributed by atoms with Crippen LogP contribution in [0.4, 0.5) is 10.1 Å². The molecule has 3 atom stereocenters. The topological polar surface area (TPSA) is 102 Å². The average molecular weight is 623 g/mol. The van der Waals surface area contributed by atoms with Crippen LogP contribution in [-0.2, 0) is 18.6 Å². The second-order valence-corrected chi connectivity index (χ2v) is 12.5. The van der Waals surface area contributed by atoms with Gasteiger partial charge in [-0.05, 0) is 102 Å². The van der Waals surface area contributed by atoms with Gasteiger partial charge in [0, 0.05) is 34.9 Å². The molecule has 1 heterocycles. The van der Waals surface area contributed by atoms with Gasteiger partial charge in [-0.25, -0.2) is 8.96 Å². The van der Waals surface area contributed by atoms with Crippen LogP contribution in [0.1, 0.15) is 47.5 Å². The van der Waals surface area contributed by atoms with Crippen LogP contribution in [0, 0.1) is 5.82 Å². The fourth-order valence-corrected chi connectivity index (χ4v) is 5.92. The van der Waals surface area contributed by atoms with E-state index in [0.717, 1.165) is 42.5 Å². The van der Waals surface area contributed by atoms with Gasteiger partial charge >= 0.3 is 13.7 Å². The van der Waals surface area contributed by atoms with E-state index in [1.807, 2.05) is 31.2 Å². The first-order valence-electron chi connectivity index (χ1n) is 14.2. The van der Waals surface area contributed by atoms with Crippen molar-refractivity contribution in [3.05, 3.63) is 65.6 Å². The minimum absolute atomic E-state index is 0.0879. The molecule has 9 nitrogen and oxygen atoms in total. The number of esters is 1. The summed E-state index contributed by atoms with van der Waals surface area (Å²) in [6, 6.07) is 12.0.